The van der Waals surface area contributed by atoms with Crippen LogP contribution in [0.2, 0.25) is 0 Å². The largest absolute Gasteiger partial charge is 0.469 e. The van der Waals surface area contributed by atoms with Crippen molar-refractivity contribution in [3.8, 4) is 0 Å². The van der Waals surface area contributed by atoms with Gasteiger partial charge in [-0.3, -0.25) is 9.59 Å². The van der Waals surface area contributed by atoms with Crippen molar-refractivity contribution in [3.63, 3.8) is 0 Å². The van der Waals surface area contributed by atoms with Crippen LogP contribution in [0.25, 0.3) is 0 Å². The fourth-order valence-electron chi connectivity index (χ4n) is 1.73. The Labute approximate surface area is 109 Å². The highest BCUT2D eigenvalue weighted by atomic mass is 16.5. The van der Waals surface area contributed by atoms with Gasteiger partial charge in [0.05, 0.1) is 19.1 Å². The number of carbonyl (C=O) groups is 3. The van der Waals surface area contributed by atoms with Gasteiger partial charge in [0.25, 0.3) is 0 Å². The maximum atomic E-state index is 11.6. The van der Waals surface area contributed by atoms with Crippen molar-refractivity contribution in [2.45, 2.75) is 19.4 Å². The lowest BCUT2D eigenvalue weighted by Crippen LogP contribution is -2.14. The third-order valence-corrected chi connectivity index (χ3v) is 2.76. The molecule has 1 amide bonds. The van der Waals surface area contributed by atoms with Crippen LogP contribution < -0.4 is 5.32 Å². The molecule has 0 aromatic heterocycles. The number of methoxy groups -OCH3 is 1. The molecule has 0 fully saturated rings. The summed E-state index contributed by atoms with van der Waals surface area (Å²) in [7, 11) is 1.27. The number of cyclic esters (lactones) is 1. The van der Waals surface area contributed by atoms with Gasteiger partial charge in [-0.05, 0) is 12.1 Å². The van der Waals surface area contributed by atoms with E-state index >= 15 is 0 Å². The van der Waals surface area contributed by atoms with Crippen LogP contribution >= 0.6 is 0 Å². The summed E-state index contributed by atoms with van der Waals surface area (Å²) in [6.45, 7) is 0.269. The zero-order valence-corrected chi connectivity index (χ0v) is 10.4. The van der Waals surface area contributed by atoms with Crippen LogP contribution in [-0.2, 0) is 25.7 Å². The Kier molecular flexibility index (Phi) is 3.79. The summed E-state index contributed by atoms with van der Waals surface area (Å²) in [5, 5.41) is 2.62. The second kappa shape index (κ2) is 5.51. The van der Waals surface area contributed by atoms with Crippen LogP contribution in [0.1, 0.15) is 28.8 Å². The first-order chi connectivity index (χ1) is 9.10. The first-order valence-electron chi connectivity index (χ1n) is 5.77. The number of rotatable bonds is 4. The lowest BCUT2D eigenvalue weighted by atomic mass is 10.1. The van der Waals surface area contributed by atoms with E-state index in [-0.39, 0.29) is 31.3 Å². The zero-order valence-electron chi connectivity index (χ0n) is 10.4. The highest BCUT2D eigenvalue weighted by Gasteiger charge is 2.21. The number of esters is 2. The second-order valence-electron chi connectivity index (χ2n) is 4.07. The molecule has 1 aromatic carbocycles. The molecule has 0 bridgehead atoms. The number of nitrogens with one attached hydrogen (secondary N) is 1. The Morgan fingerprint density at radius 2 is 2.16 bits per heavy atom. The van der Waals surface area contributed by atoms with Gasteiger partial charge >= 0.3 is 11.9 Å². The molecule has 0 saturated carbocycles. The SMILES string of the molecule is COC(=O)CCC(=O)Nc1ccc2c(c1)C(=O)OC2. The minimum atomic E-state index is -0.437. The molecule has 6 nitrogen and oxygen atoms in total. The molecule has 0 aliphatic carbocycles. The molecule has 100 valence electrons. The number of fused-ring (bicyclic) bond motifs is 1. The summed E-state index contributed by atoms with van der Waals surface area (Å²) in [5.74, 6) is -1.13. The minimum absolute atomic E-state index is 0.0231. The third-order valence-electron chi connectivity index (χ3n) is 2.76. The van der Waals surface area contributed by atoms with Crippen molar-refractivity contribution in [2.24, 2.45) is 0 Å². The maximum Gasteiger partial charge on any atom is 0.338 e. The molecule has 1 N–H and O–H groups in total. The van der Waals surface area contributed by atoms with E-state index in [1.54, 1.807) is 18.2 Å². The van der Waals surface area contributed by atoms with E-state index in [0.29, 0.717) is 11.3 Å². The number of carbonyl (C=O) groups excluding carboxylic acids is 3. The quantitative estimate of drug-likeness (QED) is 0.827. The summed E-state index contributed by atoms with van der Waals surface area (Å²) in [6, 6.07) is 4.99. The first kappa shape index (κ1) is 13.1. The Morgan fingerprint density at radius 1 is 1.37 bits per heavy atom. The molecule has 0 radical (unpaired) electrons. The predicted molar refractivity (Wildman–Crippen MR) is 65.4 cm³/mol. The molecule has 19 heavy (non-hydrogen) atoms. The lowest BCUT2D eigenvalue weighted by molar-refractivity contribution is -0.141. The van der Waals surface area contributed by atoms with E-state index in [1.165, 1.54) is 7.11 Å². The highest BCUT2D eigenvalue weighted by molar-refractivity contribution is 5.97. The van der Waals surface area contributed by atoms with Gasteiger partial charge in [0.1, 0.15) is 6.61 Å². The predicted octanol–water partition coefficient (Wildman–Crippen LogP) is 1.25. The normalized spacial score (nSPS) is 12.6. The van der Waals surface area contributed by atoms with Gasteiger partial charge in [-0.1, -0.05) is 6.07 Å². The van der Waals surface area contributed by atoms with Gasteiger partial charge < -0.3 is 14.8 Å². The monoisotopic (exact) mass is 263 g/mol. The standard InChI is InChI=1S/C13H13NO5/c1-18-12(16)5-4-11(15)14-9-3-2-8-7-19-13(17)10(8)6-9/h2-3,6H,4-5,7H2,1H3,(H,14,15). The number of hydrogen-bond donors (Lipinski definition) is 1. The first-order valence-corrected chi connectivity index (χ1v) is 5.77. The molecule has 2 rings (SSSR count). The van der Waals surface area contributed by atoms with Crippen LogP contribution in [0, 0.1) is 0 Å². The van der Waals surface area contributed by atoms with Crippen LogP contribution in [0.3, 0.4) is 0 Å². The number of hydrogen-bond acceptors (Lipinski definition) is 5. The van der Waals surface area contributed by atoms with Gasteiger partial charge in [-0.15, -0.1) is 0 Å². The van der Waals surface area contributed by atoms with Crippen LogP contribution in [-0.4, -0.2) is 25.0 Å². The fraction of sp³-hybridized carbons (Fsp3) is 0.308. The number of anilines is 1. The molecule has 1 heterocycles. The molecule has 6 heteroatoms. The Hall–Kier alpha value is -2.37. The van der Waals surface area contributed by atoms with Crippen LogP contribution in [0.15, 0.2) is 18.2 Å². The van der Waals surface area contributed by atoms with E-state index in [1.807, 2.05) is 0 Å². The summed E-state index contributed by atoms with van der Waals surface area (Å²) in [4.78, 5) is 33.8. The van der Waals surface area contributed by atoms with E-state index in [0.717, 1.165) is 5.56 Å². The van der Waals surface area contributed by atoms with Gasteiger partial charge in [0.15, 0.2) is 0 Å². The summed E-state index contributed by atoms with van der Waals surface area (Å²) >= 11 is 0. The molecule has 1 aliphatic rings. The average molecular weight is 263 g/mol. The molecule has 0 atom stereocenters. The average Bonchev–Trinajstić information content (AvgIpc) is 2.77. The van der Waals surface area contributed by atoms with Crippen molar-refractivity contribution in [1.82, 2.24) is 0 Å². The van der Waals surface area contributed by atoms with E-state index in [9.17, 15) is 14.4 Å². The van der Waals surface area contributed by atoms with Gasteiger partial charge in [0.2, 0.25) is 5.91 Å². The lowest BCUT2D eigenvalue weighted by Gasteiger charge is -2.05. The summed E-state index contributed by atoms with van der Waals surface area (Å²) < 4.78 is 9.31. The smallest absolute Gasteiger partial charge is 0.338 e. The molecular formula is C13H13NO5. The van der Waals surface area contributed by atoms with Gasteiger partial charge in [0, 0.05) is 17.7 Å². The van der Waals surface area contributed by atoms with E-state index in [4.69, 9.17) is 4.74 Å². The Bertz CT molecular complexity index is 538. The Morgan fingerprint density at radius 3 is 2.89 bits per heavy atom. The number of ether oxygens (including phenoxy) is 2. The van der Waals surface area contributed by atoms with Crippen molar-refractivity contribution >= 4 is 23.5 Å². The molecule has 1 aliphatic heterocycles. The fourth-order valence-corrected chi connectivity index (χ4v) is 1.73. The third kappa shape index (κ3) is 3.09. The van der Waals surface area contributed by atoms with Gasteiger partial charge in [-0.2, -0.15) is 0 Å². The molecule has 0 spiro atoms. The van der Waals surface area contributed by atoms with Crippen molar-refractivity contribution < 1.29 is 23.9 Å². The summed E-state index contributed by atoms with van der Waals surface area (Å²) in [5.41, 5.74) is 1.77. The van der Waals surface area contributed by atoms with Crippen LogP contribution in [0.5, 0.6) is 0 Å². The molecule has 0 saturated heterocycles. The van der Waals surface area contributed by atoms with E-state index < -0.39 is 5.97 Å². The van der Waals surface area contributed by atoms with E-state index in [2.05, 4.69) is 10.1 Å². The second-order valence-corrected chi connectivity index (χ2v) is 4.07. The van der Waals surface area contributed by atoms with Crippen molar-refractivity contribution in [2.75, 3.05) is 12.4 Å². The van der Waals surface area contributed by atoms with Crippen molar-refractivity contribution in [1.29, 1.82) is 0 Å². The minimum Gasteiger partial charge on any atom is -0.469 e. The van der Waals surface area contributed by atoms with Crippen LogP contribution in [0.4, 0.5) is 5.69 Å². The highest BCUT2D eigenvalue weighted by Crippen LogP contribution is 2.23. The molecule has 1 aromatic rings. The number of amides is 1. The number of benzene rings is 1. The topological polar surface area (TPSA) is 81.7 Å². The Balaban J connectivity index is 1.96. The maximum absolute atomic E-state index is 11.6. The van der Waals surface area contributed by atoms with Crippen molar-refractivity contribution in [3.05, 3.63) is 29.3 Å². The molecule has 0 unspecified atom stereocenters. The zero-order chi connectivity index (χ0) is 13.8. The molecular weight excluding hydrogens is 250 g/mol. The summed E-state index contributed by atoms with van der Waals surface area (Å²) in [6.07, 6.45) is 0.0590. The van der Waals surface area contributed by atoms with Gasteiger partial charge in [-0.25, -0.2) is 4.79 Å².